The highest BCUT2D eigenvalue weighted by molar-refractivity contribution is 9.10. The van der Waals surface area contributed by atoms with Gasteiger partial charge in [0, 0.05) is 17.6 Å². The molecule has 2 aromatic carbocycles. The summed E-state index contributed by atoms with van der Waals surface area (Å²) >= 11 is 3.35. The molecule has 0 radical (unpaired) electrons. The van der Waals surface area contributed by atoms with Crippen LogP contribution in [0, 0.1) is 0 Å². The highest BCUT2D eigenvalue weighted by Crippen LogP contribution is 2.20. The summed E-state index contributed by atoms with van der Waals surface area (Å²) in [7, 11) is 0. The van der Waals surface area contributed by atoms with Gasteiger partial charge in [0.05, 0.1) is 5.56 Å². The summed E-state index contributed by atoms with van der Waals surface area (Å²) in [6, 6.07) is 17.9. The molecular formula is C22H17BrN2O3. The van der Waals surface area contributed by atoms with Gasteiger partial charge in [-0.25, -0.2) is 9.78 Å². The number of hydrogen-bond donors (Lipinski definition) is 1. The van der Waals surface area contributed by atoms with Gasteiger partial charge in [-0.2, -0.15) is 0 Å². The number of halogens is 1. The SMILES string of the molecule is CC(=O)Nc1cc(/C=C/c2ccc(OC(=O)c3ccccc3Br)cc2)ccn1. The lowest BCUT2D eigenvalue weighted by Crippen LogP contribution is -2.09. The van der Waals surface area contributed by atoms with Gasteiger partial charge in [0.15, 0.2) is 0 Å². The van der Waals surface area contributed by atoms with Gasteiger partial charge in [-0.15, -0.1) is 0 Å². The van der Waals surface area contributed by atoms with Crippen LogP contribution >= 0.6 is 15.9 Å². The molecule has 0 aliphatic heterocycles. The number of hydrogen-bond acceptors (Lipinski definition) is 4. The van der Waals surface area contributed by atoms with Gasteiger partial charge in [0.1, 0.15) is 11.6 Å². The average molecular weight is 437 g/mol. The summed E-state index contributed by atoms with van der Waals surface area (Å²) in [5.41, 5.74) is 2.32. The molecule has 0 spiro atoms. The summed E-state index contributed by atoms with van der Waals surface area (Å²) in [5.74, 6) is 0.387. The summed E-state index contributed by atoms with van der Waals surface area (Å²) in [4.78, 5) is 27.4. The van der Waals surface area contributed by atoms with Crippen LogP contribution in [0.1, 0.15) is 28.4 Å². The maximum Gasteiger partial charge on any atom is 0.344 e. The van der Waals surface area contributed by atoms with Gasteiger partial charge < -0.3 is 10.1 Å². The summed E-state index contributed by atoms with van der Waals surface area (Å²) in [5, 5.41) is 2.65. The summed E-state index contributed by atoms with van der Waals surface area (Å²) in [6.45, 7) is 1.44. The molecule has 3 rings (SSSR count). The number of nitrogens with one attached hydrogen (secondary N) is 1. The lowest BCUT2D eigenvalue weighted by Gasteiger charge is -2.06. The van der Waals surface area contributed by atoms with E-state index in [1.807, 2.05) is 36.4 Å². The Labute approximate surface area is 171 Å². The van der Waals surface area contributed by atoms with E-state index in [0.29, 0.717) is 21.6 Å². The number of anilines is 1. The van der Waals surface area contributed by atoms with Crippen LogP contribution in [-0.4, -0.2) is 16.9 Å². The summed E-state index contributed by atoms with van der Waals surface area (Å²) < 4.78 is 6.10. The summed E-state index contributed by atoms with van der Waals surface area (Å²) in [6.07, 6.45) is 5.47. The second-order valence-electron chi connectivity index (χ2n) is 5.93. The zero-order valence-electron chi connectivity index (χ0n) is 15.1. The quantitative estimate of drug-likeness (QED) is 0.441. The number of nitrogens with zero attached hydrogens (tertiary/aromatic N) is 1. The van der Waals surface area contributed by atoms with Crippen molar-refractivity contribution in [2.24, 2.45) is 0 Å². The first-order valence-corrected chi connectivity index (χ1v) is 9.29. The zero-order valence-corrected chi connectivity index (χ0v) is 16.6. The smallest absolute Gasteiger partial charge is 0.344 e. The number of amides is 1. The van der Waals surface area contributed by atoms with E-state index in [9.17, 15) is 9.59 Å². The standard InChI is InChI=1S/C22H17BrN2O3/c1-15(26)25-21-14-17(12-13-24-21)7-6-16-8-10-18(11-9-16)28-22(27)19-4-2-3-5-20(19)23/h2-14H,1H3,(H,24,25,26)/b7-6+. The third-order valence-electron chi connectivity index (χ3n) is 3.74. The van der Waals surface area contributed by atoms with E-state index in [4.69, 9.17) is 4.74 Å². The van der Waals surface area contributed by atoms with Crippen molar-refractivity contribution in [1.29, 1.82) is 0 Å². The minimum atomic E-state index is -0.418. The van der Waals surface area contributed by atoms with Crippen molar-refractivity contribution in [2.45, 2.75) is 6.92 Å². The minimum Gasteiger partial charge on any atom is -0.423 e. The van der Waals surface area contributed by atoms with Crippen molar-refractivity contribution in [1.82, 2.24) is 4.98 Å². The topological polar surface area (TPSA) is 68.3 Å². The number of ether oxygens (including phenoxy) is 1. The van der Waals surface area contributed by atoms with Crippen molar-refractivity contribution in [3.8, 4) is 5.75 Å². The largest absolute Gasteiger partial charge is 0.423 e. The number of carbonyl (C=O) groups excluding carboxylic acids is 2. The number of benzene rings is 2. The fourth-order valence-corrected chi connectivity index (χ4v) is 2.87. The first kappa shape index (κ1) is 19.5. The van der Waals surface area contributed by atoms with E-state index >= 15 is 0 Å². The molecule has 5 nitrogen and oxygen atoms in total. The monoisotopic (exact) mass is 436 g/mol. The van der Waals surface area contributed by atoms with Crippen LogP contribution in [0.25, 0.3) is 12.2 Å². The van der Waals surface area contributed by atoms with Crippen LogP contribution in [0.4, 0.5) is 5.82 Å². The van der Waals surface area contributed by atoms with Gasteiger partial charge in [-0.1, -0.05) is 36.4 Å². The van der Waals surface area contributed by atoms with Gasteiger partial charge in [-0.3, -0.25) is 4.79 Å². The van der Waals surface area contributed by atoms with E-state index in [2.05, 4.69) is 26.2 Å². The van der Waals surface area contributed by atoms with E-state index in [0.717, 1.165) is 11.1 Å². The van der Waals surface area contributed by atoms with Gasteiger partial charge in [0.25, 0.3) is 0 Å². The van der Waals surface area contributed by atoms with Gasteiger partial charge in [0.2, 0.25) is 5.91 Å². The predicted molar refractivity (Wildman–Crippen MR) is 113 cm³/mol. The second-order valence-corrected chi connectivity index (χ2v) is 6.78. The number of aromatic nitrogens is 1. The first-order valence-electron chi connectivity index (χ1n) is 8.50. The first-order chi connectivity index (χ1) is 13.5. The van der Waals surface area contributed by atoms with Crippen LogP contribution in [-0.2, 0) is 4.79 Å². The van der Waals surface area contributed by atoms with Crippen molar-refractivity contribution in [2.75, 3.05) is 5.32 Å². The normalized spacial score (nSPS) is 10.6. The third-order valence-corrected chi connectivity index (χ3v) is 4.43. The van der Waals surface area contributed by atoms with Crippen molar-refractivity contribution in [3.05, 3.63) is 88.0 Å². The molecule has 0 bridgehead atoms. The maximum absolute atomic E-state index is 12.2. The molecule has 1 N–H and O–H groups in total. The van der Waals surface area contributed by atoms with Crippen LogP contribution in [0.5, 0.6) is 5.75 Å². The Kier molecular flexibility index (Phi) is 6.34. The van der Waals surface area contributed by atoms with Crippen LogP contribution in [0.2, 0.25) is 0 Å². The molecule has 28 heavy (non-hydrogen) atoms. The molecular weight excluding hydrogens is 420 g/mol. The van der Waals surface area contributed by atoms with Crippen molar-refractivity contribution >= 4 is 45.8 Å². The minimum absolute atomic E-state index is 0.165. The lowest BCUT2D eigenvalue weighted by molar-refractivity contribution is -0.114. The average Bonchev–Trinajstić information content (AvgIpc) is 2.67. The van der Waals surface area contributed by atoms with E-state index in [1.165, 1.54) is 6.92 Å². The van der Waals surface area contributed by atoms with E-state index in [1.54, 1.807) is 42.6 Å². The molecule has 0 unspecified atom stereocenters. The predicted octanol–water partition coefficient (Wildman–Crippen LogP) is 5.19. The molecule has 1 heterocycles. The van der Waals surface area contributed by atoms with Crippen LogP contribution in [0.3, 0.4) is 0 Å². The molecule has 3 aromatic rings. The number of pyridine rings is 1. The number of esters is 1. The molecule has 0 saturated carbocycles. The van der Waals surface area contributed by atoms with E-state index < -0.39 is 5.97 Å². The Hall–Kier alpha value is -3.25. The highest BCUT2D eigenvalue weighted by Gasteiger charge is 2.11. The fourth-order valence-electron chi connectivity index (χ4n) is 2.43. The van der Waals surface area contributed by atoms with Crippen molar-refractivity contribution in [3.63, 3.8) is 0 Å². The molecule has 0 aliphatic carbocycles. The van der Waals surface area contributed by atoms with Gasteiger partial charge in [-0.05, 0) is 63.5 Å². The molecule has 0 saturated heterocycles. The Bertz CT molecular complexity index is 1030. The maximum atomic E-state index is 12.2. The molecule has 0 atom stereocenters. The van der Waals surface area contributed by atoms with E-state index in [-0.39, 0.29) is 5.91 Å². The highest BCUT2D eigenvalue weighted by atomic mass is 79.9. The number of carbonyl (C=O) groups is 2. The molecule has 1 amide bonds. The molecule has 1 aromatic heterocycles. The Morgan fingerprint density at radius 3 is 2.43 bits per heavy atom. The molecule has 140 valence electrons. The third kappa shape index (κ3) is 5.37. The number of rotatable bonds is 5. The lowest BCUT2D eigenvalue weighted by atomic mass is 10.1. The molecule has 6 heteroatoms. The van der Waals surface area contributed by atoms with Crippen molar-refractivity contribution < 1.29 is 14.3 Å². The second kappa shape index (κ2) is 9.10. The Balaban J connectivity index is 1.66. The molecule has 0 aliphatic rings. The van der Waals surface area contributed by atoms with Crippen LogP contribution < -0.4 is 10.1 Å². The Morgan fingerprint density at radius 1 is 1.00 bits per heavy atom. The van der Waals surface area contributed by atoms with Crippen LogP contribution in [0.15, 0.2) is 71.3 Å². The zero-order chi connectivity index (χ0) is 19.9. The fraction of sp³-hybridized carbons (Fsp3) is 0.0455. The molecule has 0 fully saturated rings. The van der Waals surface area contributed by atoms with Gasteiger partial charge >= 0.3 is 5.97 Å². The Morgan fingerprint density at radius 2 is 1.71 bits per heavy atom.